The molecule has 0 amide bonds. The van der Waals surface area contributed by atoms with E-state index in [4.69, 9.17) is 11.6 Å². The minimum absolute atomic E-state index is 0.241. The average molecular weight is 280 g/mol. The van der Waals surface area contributed by atoms with Crippen molar-refractivity contribution in [1.29, 1.82) is 0 Å². The van der Waals surface area contributed by atoms with Crippen LogP contribution in [0.25, 0.3) is 11.5 Å². The molecule has 2 rings (SSSR count). The monoisotopic (exact) mass is 279 g/mol. The molecule has 5 nitrogen and oxygen atoms in total. The number of hydrogen-bond acceptors (Lipinski definition) is 4. The third kappa shape index (κ3) is 2.93. The van der Waals surface area contributed by atoms with Gasteiger partial charge in [-0.1, -0.05) is 11.6 Å². The fourth-order valence-corrected chi connectivity index (χ4v) is 2.15. The highest BCUT2D eigenvalue weighted by Gasteiger charge is 2.20. The zero-order valence-corrected chi connectivity index (χ0v) is 12.4. The lowest BCUT2D eigenvalue weighted by molar-refractivity contribution is 0.373. The van der Waals surface area contributed by atoms with Crippen molar-refractivity contribution in [2.24, 2.45) is 0 Å². The fourth-order valence-electron chi connectivity index (χ4n) is 1.88. The lowest BCUT2D eigenvalue weighted by Gasteiger charge is -2.14. The smallest absolute Gasteiger partial charge is 0.181 e. The average Bonchev–Trinajstić information content (AvgIpc) is 2.68. The first kappa shape index (κ1) is 14.0. The van der Waals surface area contributed by atoms with Gasteiger partial charge in [0.05, 0.1) is 10.7 Å². The summed E-state index contributed by atoms with van der Waals surface area (Å²) in [5, 5.41) is 5.20. The molecule has 0 aromatic carbocycles. The van der Waals surface area contributed by atoms with Gasteiger partial charge < -0.3 is 4.90 Å². The molecule has 0 aliphatic carbocycles. The number of nitrogens with zero attached hydrogens (tertiary/aromatic N) is 5. The van der Waals surface area contributed by atoms with Crippen LogP contribution in [0.5, 0.6) is 0 Å². The van der Waals surface area contributed by atoms with Crippen molar-refractivity contribution >= 4 is 11.6 Å². The van der Waals surface area contributed by atoms with Crippen LogP contribution < -0.4 is 0 Å². The molecule has 0 unspecified atom stereocenters. The first-order valence-electron chi connectivity index (χ1n) is 6.19. The van der Waals surface area contributed by atoms with Gasteiger partial charge in [0.15, 0.2) is 5.82 Å². The predicted octanol–water partition coefficient (Wildman–Crippen LogP) is 2.64. The maximum absolute atomic E-state index is 6.46. The second-order valence-corrected chi connectivity index (χ2v) is 5.34. The summed E-state index contributed by atoms with van der Waals surface area (Å²) >= 11 is 6.46. The first-order valence-corrected chi connectivity index (χ1v) is 6.57. The predicted molar refractivity (Wildman–Crippen MR) is 76.0 cm³/mol. The van der Waals surface area contributed by atoms with Crippen molar-refractivity contribution < 1.29 is 0 Å². The molecule has 0 fully saturated rings. The molecular formula is C13H18ClN5. The van der Waals surface area contributed by atoms with Crippen molar-refractivity contribution in [3.8, 4) is 11.5 Å². The Morgan fingerprint density at radius 3 is 2.42 bits per heavy atom. The van der Waals surface area contributed by atoms with E-state index in [-0.39, 0.29) is 6.04 Å². The van der Waals surface area contributed by atoms with Crippen LogP contribution in [-0.4, -0.2) is 38.7 Å². The minimum atomic E-state index is 0.241. The van der Waals surface area contributed by atoms with Crippen LogP contribution in [0.3, 0.4) is 0 Å². The molecule has 0 aliphatic rings. The fraction of sp³-hybridized carbons (Fsp3) is 0.462. The molecule has 2 heterocycles. The van der Waals surface area contributed by atoms with Gasteiger partial charge in [-0.25, -0.2) is 9.97 Å². The lowest BCUT2D eigenvalue weighted by atomic mass is 10.3. The Balaban J connectivity index is 2.52. The van der Waals surface area contributed by atoms with E-state index in [9.17, 15) is 0 Å². The lowest BCUT2D eigenvalue weighted by Crippen LogP contribution is -2.16. The Bertz CT molecular complexity index is 548. The molecule has 2 aromatic heterocycles. The van der Waals surface area contributed by atoms with E-state index in [1.54, 1.807) is 18.5 Å². The van der Waals surface area contributed by atoms with Crippen molar-refractivity contribution in [1.82, 2.24) is 24.6 Å². The van der Waals surface area contributed by atoms with E-state index in [2.05, 4.69) is 33.8 Å². The van der Waals surface area contributed by atoms with Gasteiger partial charge in [-0.05, 0) is 34.0 Å². The van der Waals surface area contributed by atoms with Crippen LogP contribution in [0.15, 0.2) is 18.5 Å². The molecule has 0 atom stereocenters. The molecule has 0 saturated heterocycles. The van der Waals surface area contributed by atoms with Gasteiger partial charge in [-0.3, -0.25) is 4.68 Å². The number of halogens is 1. The summed E-state index contributed by atoms with van der Waals surface area (Å²) in [5.74, 6) is 0.562. The third-order valence-corrected chi connectivity index (χ3v) is 3.08. The van der Waals surface area contributed by atoms with Crippen LogP contribution in [-0.2, 0) is 6.54 Å². The maximum Gasteiger partial charge on any atom is 0.181 e. The molecule has 6 heteroatoms. The standard InChI is InChI=1S/C13H18ClN5/c1-9(2)19-10(8-18(3)4)11(14)12(17-19)13-15-6-5-7-16-13/h5-7,9H,8H2,1-4H3. The van der Waals surface area contributed by atoms with E-state index < -0.39 is 0 Å². The third-order valence-electron chi connectivity index (χ3n) is 2.68. The number of hydrogen-bond donors (Lipinski definition) is 0. The molecule has 0 spiro atoms. The molecule has 0 N–H and O–H groups in total. The van der Waals surface area contributed by atoms with Gasteiger partial charge in [0.2, 0.25) is 0 Å². The summed E-state index contributed by atoms with van der Waals surface area (Å²) in [6.07, 6.45) is 3.39. The minimum Gasteiger partial charge on any atom is -0.304 e. The Kier molecular flexibility index (Phi) is 4.17. The molecule has 0 radical (unpaired) electrons. The summed E-state index contributed by atoms with van der Waals surface area (Å²) in [6.45, 7) is 4.90. The molecule has 0 saturated carbocycles. The summed E-state index contributed by atoms with van der Waals surface area (Å²) < 4.78 is 1.94. The molecule has 0 aliphatic heterocycles. The van der Waals surface area contributed by atoms with Crippen LogP contribution in [0, 0.1) is 0 Å². The van der Waals surface area contributed by atoms with Crippen LogP contribution in [0.2, 0.25) is 5.02 Å². The number of aromatic nitrogens is 4. The summed E-state index contributed by atoms with van der Waals surface area (Å²) in [7, 11) is 4.01. The summed E-state index contributed by atoms with van der Waals surface area (Å²) in [4.78, 5) is 10.5. The van der Waals surface area contributed by atoms with Gasteiger partial charge in [-0.2, -0.15) is 5.10 Å². The zero-order chi connectivity index (χ0) is 14.0. The van der Waals surface area contributed by atoms with Gasteiger partial charge in [0.1, 0.15) is 5.69 Å². The van der Waals surface area contributed by atoms with E-state index in [1.165, 1.54) is 0 Å². The maximum atomic E-state index is 6.46. The summed E-state index contributed by atoms with van der Waals surface area (Å²) in [6, 6.07) is 2.02. The van der Waals surface area contributed by atoms with Crippen molar-refractivity contribution in [2.45, 2.75) is 26.4 Å². The first-order chi connectivity index (χ1) is 9.00. The quantitative estimate of drug-likeness (QED) is 0.863. The topological polar surface area (TPSA) is 46.8 Å². The molecule has 0 bridgehead atoms. The number of rotatable bonds is 4. The van der Waals surface area contributed by atoms with E-state index in [0.29, 0.717) is 16.5 Å². The second-order valence-electron chi connectivity index (χ2n) is 4.96. The van der Waals surface area contributed by atoms with E-state index >= 15 is 0 Å². The molecule has 19 heavy (non-hydrogen) atoms. The van der Waals surface area contributed by atoms with Gasteiger partial charge in [0.25, 0.3) is 0 Å². The van der Waals surface area contributed by atoms with Crippen LogP contribution in [0.1, 0.15) is 25.6 Å². The van der Waals surface area contributed by atoms with Gasteiger partial charge in [-0.15, -0.1) is 0 Å². The molecular weight excluding hydrogens is 262 g/mol. The highest BCUT2D eigenvalue weighted by molar-refractivity contribution is 6.33. The van der Waals surface area contributed by atoms with Crippen molar-refractivity contribution in [3.05, 3.63) is 29.2 Å². The zero-order valence-electron chi connectivity index (χ0n) is 11.6. The largest absolute Gasteiger partial charge is 0.304 e. The van der Waals surface area contributed by atoms with E-state index in [1.807, 2.05) is 18.8 Å². The second kappa shape index (κ2) is 5.67. The van der Waals surface area contributed by atoms with Crippen molar-refractivity contribution in [3.63, 3.8) is 0 Å². The van der Waals surface area contributed by atoms with Crippen LogP contribution in [0.4, 0.5) is 0 Å². The van der Waals surface area contributed by atoms with Crippen LogP contribution >= 0.6 is 11.6 Å². The SMILES string of the molecule is CC(C)n1nc(-c2ncccn2)c(Cl)c1CN(C)C. The van der Waals surface area contributed by atoms with Gasteiger partial charge in [0, 0.05) is 25.0 Å². The Labute approximate surface area is 118 Å². The molecule has 2 aromatic rings. The van der Waals surface area contributed by atoms with E-state index in [0.717, 1.165) is 12.2 Å². The van der Waals surface area contributed by atoms with Crippen molar-refractivity contribution in [2.75, 3.05) is 14.1 Å². The Morgan fingerprint density at radius 1 is 1.26 bits per heavy atom. The Hall–Kier alpha value is -1.46. The summed E-state index contributed by atoms with van der Waals surface area (Å²) in [5.41, 5.74) is 1.64. The highest BCUT2D eigenvalue weighted by Crippen LogP contribution is 2.30. The van der Waals surface area contributed by atoms with Gasteiger partial charge >= 0.3 is 0 Å². The normalized spacial score (nSPS) is 11.5. The highest BCUT2D eigenvalue weighted by atomic mass is 35.5. The molecule has 102 valence electrons. The Morgan fingerprint density at radius 2 is 1.89 bits per heavy atom.